The SMILES string of the molecule is CC(=Cc1ccccc1)C(=O)Nc1ccccc1C(=O)O. The second-order valence-corrected chi connectivity index (χ2v) is 4.54. The molecule has 2 aromatic rings. The third-order valence-electron chi connectivity index (χ3n) is 2.95. The van der Waals surface area contributed by atoms with Gasteiger partial charge in [-0.1, -0.05) is 42.5 Å². The molecule has 0 atom stereocenters. The summed E-state index contributed by atoms with van der Waals surface area (Å²) in [5.41, 5.74) is 1.77. The van der Waals surface area contributed by atoms with Gasteiger partial charge >= 0.3 is 5.97 Å². The fourth-order valence-corrected chi connectivity index (χ4v) is 1.86. The van der Waals surface area contributed by atoms with Crippen molar-refractivity contribution in [2.24, 2.45) is 0 Å². The first-order valence-electron chi connectivity index (χ1n) is 6.45. The lowest BCUT2D eigenvalue weighted by atomic mass is 10.1. The third-order valence-corrected chi connectivity index (χ3v) is 2.95. The molecule has 0 heterocycles. The Labute approximate surface area is 122 Å². The average Bonchev–Trinajstić information content (AvgIpc) is 2.48. The second kappa shape index (κ2) is 6.52. The summed E-state index contributed by atoms with van der Waals surface area (Å²) in [6.45, 7) is 1.69. The first-order valence-corrected chi connectivity index (χ1v) is 6.45. The van der Waals surface area contributed by atoms with Crippen LogP contribution in [0.15, 0.2) is 60.2 Å². The van der Waals surface area contributed by atoms with Gasteiger partial charge in [-0.15, -0.1) is 0 Å². The molecule has 2 aromatic carbocycles. The van der Waals surface area contributed by atoms with E-state index in [4.69, 9.17) is 5.11 Å². The van der Waals surface area contributed by atoms with E-state index in [1.54, 1.807) is 31.2 Å². The zero-order chi connectivity index (χ0) is 15.2. The molecule has 0 fully saturated rings. The molecule has 0 aromatic heterocycles. The van der Waals surface area contributed by atoms with Crippen LogP contribution >= 0.6 is 0 Å². The number of aromatic carboxylic acids is 1. The number of hydrogen-bond donors (Lipinski definition) is 2. The molecule has 2 rings (SSSR count). The van der Waals surface area contributed by atoms with E-state index in [9.17, 15) is 9.59 Å². The van der Waals surface area contributed by atoms with Crippen LogP contribution < -0.4 is 5.32 Å². The molecule has 0 unspecified atom stereocenters. The first kappa shape index (κ1) is 14.5. The molecule has 0 saturated heterocycles. The third kappa shape index (κ3) is 3.79. The molecule has 0 radical (unpaired) electrons. The number of hydrogen-bond acceptors (Lipinski definition) is 2. The molecule has 1 amide bonds. The van der Waals surface area contributed by atoms with Crippen LogP contribution in [-0.2, 0) is 4.79 Å². The summed E-state index contributed by atoms with van der Waals surface area (Å²) >= 11 is 0. The Morgan fingerprint density at radius 3 is 2.29 bits per heavy atom. The zero-order valence-electron chi connectivity index (χ0n) is 11.5. The number of rotatable bonds is 4. The highest BCUT2D eigenvalue weighted by molar-refractivity contribution is 6.09. The molecule has 2 N–H and O–H groups in total. The molecule has 0 aliphatic rings. The number of carbonyl (C=O) groups excluding carboxylic acids is 1. The van der Waals surface area contributed by atoms with Crippen molar-refractivity contribution in [3.63, 3.8) is 0 Å². The monoisotopic (exact) mass is 281 g/mol. The second-order valence-electron chi connectivity index (χ2n) is 4.54. The van der Waals surface area contributed by atoms with Gasteiger partial charge in [-0.25, -0.2) is 4.79 Å². The molecule has 0 aliphatic carbocycles. The summed E-state index contributed by atoms with van der Waals surface area (Å²) < 4.78 is 0. The molecule has 4 nitrogen and oxygen atoms in total. The van der Waals surface area contributed by atoms with Gasteiger partial charge in [-0.2, -0.15) is 0 Å². The topological polar surface area (TPSA) is 66.4 Å². The summed E-state index contributed by atoms with van der Waals surface area (Å²) in [5.74, 6) is -1.40. The van der Waals surface area contributed by atoms with Gasteiger partial charge < -0.3 is 10.4 Å². The quantitative estimate of drug-likeness (QED) is 0.844. The van der Waals surface area contributed by atoms with Crippen molar-refractivity contribution in [1.29, 1.82) is 0 Å². The molecule has 106 valence electrons. The fraction of sp³-hybridized carbons (Fsp3) is 0.0588. The molecule has 4 heteroatoms. The minimum atomic E-state index is -1.07. The smallest absolute Gasteiger partial charge is 0.337 e. The maximum atomic E-state index is 12.1. The van der Waals surface area contributed by atoms with Crippen molar-refractivity contribution in [2.45, 2.75) is 6.92 Å². The lowest BCUT2D eigenvalue weighted by Gasteiger charge is -2.08. The normalized spacial score (nSPS) is 11.0. The Morgan fingerprint density at radius 2 is 1.62 bits per heavy atom. The molecular weight excluding hydrogens is 266 g/mol. The van der Waals surface area contributed by atoms with Gasteiger partial charge in [0.2, 0.25) is 0 Å². The summed E-state index contributed by atoms with van der Waals surface area (Å²) in [6.07, 6.45) is 1.75. The lowest BCUT2D eigenvalue weighted by Crippen LogP contribution is -2.15. The number of para-hydroxylation sites is 1. The Bertz CT molecular complexity index is 690. The Hall–Kier alpha value is -2.88. The van der Waals surface area contributed by atoms with Crippen LogP contribution in [0.25, 0.3) is 6.08 Å². The standard InChI is InChI=1S/C17H15NO3/c1-12(11-13-7-3-2-4-8-13)16(19)18-15-10-6-5-9-14(15)17(20)21/h2-11H,1H3,(H,18,19)(H,20,21). The summed E-state index contributed by atoms with van der Waals surface area (Å²) in [4.78, 5) is 23.2. The Kier molecular flexibility index (Phi) is 4.51. The van der Waals surface area contributed by atoms with Crippen LogP contribution in [0, 0.1) is 0 Å². The molecule has 0 aliphatic heterocycles. The molecule has 0 saturated carbocycles. The van der Waals surface area contributed by atoms with Crippen LogP contribution in [0.4, 0.5) is 5.69 Å². The summed E-state index contributed by atoms with van der Waals surface area (Å²) in [5, 5.41) is 11.7. The van der Waals surface area contributed by atoms with Crippen molar-refractivity contribution in [2.75, 3.05) is 5.32 Å². The van der Waals surface area contributed by atoms with E-state index in [0.717, 1.165) is 5.56 Å². The highest BCUT2D eigenvalue weighted by atomic mass is 16.4. The molecular formula is C17H15NO3. The number of carboxylic acid groups (broad SMARTS) is 1. The van der Waals surface area contributed by atoms with Gasteiger partial charge in [0, 0.05) is 5.57 Å². The molecule has 0 spiro atoms. The number of carboxylic acids is 1. The predicted octanol–water partition coefficient (Wildman–Crippen LogP) is 3.43. The van der Waals surface area contributed by atoms with Crippen molar-refractivity contribution in [1.82, 2.24) is 0 Å². The fourth-order valence-electron chi connectivity index (χ4n) is 1.86. The van der Waals surface area contributed by atoms with Crippen LogP contribution in [0.5, 0.6) is 0 Å². The van der Waals surface area contributed by atoms with Crippen LogP contribution in [0.1, 0.15) is 22.8 Å². The van der Waals surface area contributed by atoms with E-state index in [1.807, 2.05) is 30.3 Å². The average molecular weight is 281 g/mol. The summed E-state index contributed by atoms with van der Waals surface area (Å²) in [6, 6.07) is 15.8. The van der Waals surface area contributed by atoms with Crippen molar-refractivity contribution in [3.8, 4) is 0 Å². The highest BCUT2D eigenvalue weighted by Gasteiger charge is 2.12. The van der Waals surface area contributed by atoms with Crippen LogP contribution in [-0.4, -0.2) is 17.0 Å². The number of nitrogens with one attached hydrogen (secondary N) is 1. The largest absolute Gasteiger partial charge is 0.478 e. The van der Waals surface area contributed by atoms with Gasteiger partial charge in [0.25, 0.3) is 5.91 Å². The van der Waals surface area contributed by atoms with Gasteiger partial charge in [-0.05, 0) is 30.7 Å². The van der Waals surface area contributed by atoms with Crippen molar-refractivity contribution < 1.29 is 14.7 Å². The van der Waals surface area contributed by atoms with Gasteiger partial charge in [-0.3, -0.25) is 4.79 Å². The zero-order valence-corrected chi connectivity index (χ0v) is 11.5. The van der Waals surface area contributed by atoms with Gasteiger partial charge in [0.05, 0.1) is 11.3 Å². The predicted molar refractivity (Wildman–Crippen MR) is 82.1 cm³/mol. The van der Waals surface area contributed by atoms with E-state index in [-0.39, 0.29) is 17.2 Å². The maximum Gasteiger partial charge on any atom is 0.337 e. The van der Waals surface area contributed by atoms with E-state index >= 15 is 0 Å². The molecule has 21 heavy (non-hydrogen) atoms. The highest BCUT2D eigenvalue weighted by Crippen LogP contribution is 2.16. The minimum absolute atomic E-state index is 0.0679. The van der Waals surface area contributed by atoms with E-state index < -0.39 is 5.97 Å². The maximum absolute atomic E-state index is 12.1. The number of benzene rings is 2. The van der Waals surface area contributed by atoms with Crippen molar-refractivity contribution in [3.05, 3.63) is 71.3 Å². The van der Waals surface area contributed by atoms with E-state index in [2.05, 4.69) is 5.32 Å². The lowest BCUT2D eigenvalue weighted by molar-refractivity contribution is -0.112. The Balaban J connectivity index is 2.19. The number of carbonyl (C=O) groups is 2. The molecule has 0 bridgehead atoms. The number of anilines is 1. The van der Waals surface area contributed by atoms with Crippen LogP contribution in [0.3, 0.4) is 0 Å². The first-order chi connectivity index (χ1) is 10.1. The van der Waals surface area contributed by atoms with E-state index in [1.165, 1.54) is 6.07 Å². The van der Waals surface area contributed by atoms with Crippen molar-refractivity contribution >= 4 is 23.6 Å². The van der Waals surface area contributed by atoms with Gasteiger partial charge in [0.1, 0.15) is 0 Å². The minimum Gasteiger partial charge on any atom is -0.478 e. The van der Waals surface area contributed by atoms with Crippen LogP contribution in [0.2, 0.25) is 0 Å². The summed E-state index contributed by atoms with van der Waals surface area (Å²) in [7, 11) is 0. The Morgan fingerprint density at radius 1 is 1.00 bits per heavy atom. The van der Waals surface area contributed by atoms with Gasteiger partial charge in [0.15, 0.2) is 0 Å². The number of amides is 1. The van der Waals surface area contributed by atoms with E-state index in [0.29, 0.717) is 5.57 Å².